The monoisotopic (exact) mass is 344 g/mol. The van der Waals surface area contributed by atoms with Crippen molar-refractivity contribution in [1.82, 2.24) is 0 Å². The van der Waals surface area contributed by atoms with Crippen LogP contribution in [0.3, 0.4) is 0 Å². The maximum atomic E-state index is 11.0. The lowest BCUT2D eigenvalue weighted by Gasteiger charge is -2.49. The van der Waals surface area contributed by atoms with Gasteiger partial charge in [0.2, 0.25) is 0 Å². The van der Waals surface area contributed by atoms with Crippen LogP contribution in [0.5, 0.6) is 0 Å². The zero-order valence-corrected chi connectivity index (χ0v) is 14.5. The van der Waals surface area contributed by atoms with Crippen molar-refractivity contribution >= 4 is 0 Å². The molecule has 0 aromatic rings. The highest BCUT2D eigenvalue weighted by Crippen LogP contribution is 2.55. The molecule has 1 N–H and O–H groups in total. The number of hydrogen-bond acceptors (Lipinski definition) is 7. The van der Waals surface area contributed by atoms with E-state index in [2.05, 4.69) is 12.2 Å². The number of allylic oxidation sites excluding steroid dienone is 2. The minimum absolute atomic E-state index is 0.0902. The number of methoxy groups -OCH3 is 3. The van der Waals surface area contributed by atoms with Crippen molar-refractivity contribution in [3.63, 3.8) is 0 Å². The van der Waals surface area contributed by atoms with E-state index in [1.807, 2.05) is 0 Å². The van der Waals surface area contributed by atoms with Gasteiger partial charge in [-0.3, -0.25) is 0 Å². The Kier molecular flexibility index (Phi) is 6.26. The van der Waals surface area contributed by atoms with Gasteiger partial charge in [-0.1, -0.05) is 12.2 Å². The number of ether oxygens (including phenoxy) is 6. The largest absolute Gasteiger partial charge is 0.390 e. The Hall–Kier alpha value is -0.540. The molecule has 0 spiro atoms. The van der Waals surface area contributed by atoms with E-state index >= 15 is 0 Å². The smallest absolute Gasteiger partial charge is 0.146 e. The zero-order valence-electron chi connectivity index (χ0n) is 14.5. The Balaban J connectivity index is 1.85. The minimum atomic E-state index is -0.630. The van der Waals surface area contributed by atoms with Gasteiger partial charge in [-0.05, 0) is 24.2 Å². The molecule has 7 heteroatoms. The molecule has 0 amide bonds. The molecule has 0 radical (unpaired) electrons. The van der Waals surface area contributed by atoms with Crippen LogP contribution in [-0.4, -0.2) is 71.2 Å². The zero-order chi connectivity index (χ0) is 17.1. The fourth-order valence-corrected chi connectivity index (χ4v) is 4.69. The van der Waals surface area contributed by atoms with Crippen molar-refractivity contribution < 1.29 is 33.5 Å². The van der Waals surface area contributed by atoms with Crippen LogP contribution in [0.2, 0.25) is 0 Å². The first-order chi connectivity index (χ1) is 11.7. The van der Waals surface area contributed by atoms with Crippen molar-refractivity contribution in [1.29, 1.82) is 0 Å². The summed E-state index contributed by atoms with van der Waals surface area (Å²) in [6.45, 7) is 0.375. The fourth-order valence-electron chi connectivity index (χ4n) is 4.69. The lowest BCUT2D eigenvalue weighted by atomic mass is 9.67. The molecule has 0 aliphatic heterocycles. The Bertz CT molecular complexity index is 429. The van der Waals surface area contributed by atoms with Crippen LogP contribution in [0.4, 0.5) is 0 Å². The van der Waals surface area contributed by atoms with Crippen LogP contribution in [-0.2, 0) is 28.4 Å². The van der Waals surface area contributed by atoms with Gasteiger partial charge in [-0.2, -0.15) is 0 Å². The van der Waals surface area contributed by atoms with Gasteiger partial charge in [0, 0.05) is 27.2 Å². The molecule has 8 atom stereocenters. The third-order valence-electron chi connectivity index (χ3n) is 5.48. The number of rotatable bonds is 9. The molecular weight excluding hydrogens is 316 g/mol. The third kappa shape index (κ3) is 3.26. The van der Waals surface area contributed by atoms with Gasteiger partial charge in [0.15, 0.2) is 0 Å². The van der Waals surface area contributed by atoms with Gasteiger partial charge >= 0.3 is 0 Å². The van der Waals surface area contributed by atoms with E-state index in [1.54, 1.807) is 21.3 Å². The molecule has 3 rings (SSSR count). The lowest BCUT2D eigenvalue weighted by molar-refractivity contribution is -0.270. The summed E-state index contributed by atoms with van der Waals surface area (Å²) >= 11 is 0. The Morgan fingerprint density at radius 2 is 1.25 bits per heavy atom. The normalized spacial score (nSPS) is 43.3. The maximum Gasteiger partial charge on any atom is 0.146 e. The molecule has 2 bridgehead atoms. The van der Waals surface area contributed by atoms with Crippen molar-refractivity contribution in [2.24, 2.45) is 23.7 Å². The minimum Gasteiger partial charge on any atom is -0.390 e. The van der Waals surface area contributed by atoms with Crippen molar-refractivity contribution in [2.75, 3.05) is 41.7 Å². The first-order valence-corrected chi connectivity index (χ1v) is 8.41. The highest BCUT2D eigenvalue weighted by molar-refractivity contribution is 5.20. The van der Waals surface area contributed by atoms with Gasteiger partial charge in [-0.25, -0.2) is 0 Å². The second kappa shape index (κ2) is 8.23. The summed E-state index contributed by atoms with van der Waals surface area (Å²) in [5.41, 5.74) is 0. The number of hydrogen-bond donors (Lipinski definition) is 1. The first-order valence-electron chi connectivity index (χ1n) is 8.41. The lowest BCUT2D eigenvalue weighted by Crippen LogP contribution is -2.62. The van der Waals surface area contributed by atoms with Crippen molar-refractivity contribution in [3.8, 4) is 0 Å². The van der Waals surface area contributed by atoms with Gasteiger partial charge < -0.3 is 33.5 Å². The Morgan fingerprint density at radius 1 is 0.750 bits per heavy atom. The van der Waals surface area contributed by atoms with Crippen molar-refractivity contribution in [3.05, 3.63) is 12.2 Å². The summed E-state index contributed by atoms with van der Waals surface area (Å²) in [5.74, 6) is 1.05. The maximum absolute atomic E-state index is 11.0. The van der Waals surface area contributed by atoms with E-state index in [4.69, 9.17) is 28.4 Å². The van der Waals surface area contributed by atoms with Crippen LogP contribution in [0.15, 0.2) is 12.2 Å². The Labute approximate surface area is 142 Å². The molecule has 7 nitrogen and oxygen atoms in total. The predicted octanol–water partition coefficient (Wildman–Crippen LogP) is 0.766. The van der Waals surface area contributed by atoms with Crippen molar-refractivity contribution in [2.45, 2.75) is 30.8 Å². The summed E-state index contributed by atoms with van der Waals surface area (Å²) in [6, 6.07) is 0. The molecule has 0 unspecified atom stereocenters. The highest BCUT2D eigenvalue weighted by atomic mass is 16.7. The van der Waals surface area contributed by atoms with Crippen LogP contribution in [0.1, 0.15) is 6.42 Å². The Morgan fingerprint density at radius 3 is 1.83 bits per heavy atom. The SMILES string of the molecule is COCO[C@@H]1[C@H](OCOC)[C@@H](O)[C@@H]2[C@H]([C@H]1OCOC)[C@@H]1C=C[C@H]2C1. The van der Waals surface area contributed by atoms with Crippen LogP contribution in [0.25, 0.3) is 0 Å². The number of fused-ring (bicyclic) bond motifs is 5. The topological polar surface area (TPSA) is 75.6 Å². The number of aliphatic hydroxyl groups excluding tert-OH is 1. The van der Waals surface area contributed by atoms with Gasteiger partial charge in [0.05, 0.1) is 12.2 Å². The summed E-state index contributed by atoms with van der Waals surface area (Å²) in [4.78, 5) is 0. The molecule has 2 saturated carbocycles. The molecule has 0 heterocycles. The summed E-state index contributed by atoms with van der Waals surface area (Å²) in [5, 5.41) is 11.0. The van der Waals surface area contributed by atoms with E-state index in [0.717, 1.165) is 6.42 Å². The molecule has 3 aliphatic rings. The van der Waals surface area contributed by atoms with Crippen LogP contribution >= 0.6 is 0 Å². The standard InChI is InChI=1S/C17H28O7/c1-19-7-22-15-13-11-5-4-10(6-11)12(13)14(18)16(23-8-20-2)17(15)24-9-21-3/h4-5,10-18H,6-9H2,1-3H3/t10-,11+,12-,13+,14-,15+,16+,17-/m0/s1. The van der Waals surface area contributed by atoms with E-state index in [9.17, 15) is 5.11 Å². The summed E-state index contributed by atoms with van der Waals surface area (Å²) in [7, 11) is 4.72. The first kappa shape index (κ1) is 18.3. The van der Waals surface area contributed by atoms with E-state index in [-0.39, 0.29) is 38.3 Å². The fraction of sp³-hybridized carbons (Fsp3) is 0.882. The molecule has 0 aromatic carbocycles. The molecule has 24 heavy (non-hydrogen) atoms. The predicted molar refractivity (Wildman–Crippen MR) is 84.0 cm³/mol. The third-order valence-corrected chi connectivity index (χ3v) is 5.48. The molecule has 3 aliphatic carbocycles. The quantitative estimate of drug-likeness (QED) is 0.489. The van der Waals surface area contributed by atoms with Crippen LogP contribution < -0.4 is 0 Å². The van der Waals surface area contributed by atoms with E-state index in [1.165, 1.54) is 0 Å². The molecular formula is C17H28O7. The van der Waals surface area contributed by atoms with Crippen LogP contribution in [0, 0.1) is 23.7 Å². The molecule has 2 fully saturated rings. The highest BCUT2D eigenvalue weighted by Gasteiger charge is 2.60. The second-order valence-electron chi connectivity index (χ2n) is 6.71. The van der Waals surface area contributed by atoms with E-state index < -0.39 is 18.3 Å². The average Bonchev–Trinajstić information content (AvgIpc) is 3.20. The average molecular weight is 344 g/mol. The number of aliphatic hydroxyl groups is 1. The second-order valence-corrected chi connectivity index (χ2v) is 6.71. The molecule has 138 valence electrons. The van der Waals surface area contributed by atoms with E-state index in [0.29, 0.717) is 11.8 Å². The van der Waals surface area contributed by atoms with Gasteiger partial charge in [0.25, 0.3) is 0 Å². The summed E-state index contributed by atoms with van der Waals surface area (Å²) < 4.78 is 32.9. The van der Waals surface area contributed by atoms with Gasteiger partial charge in [0.1, 0.15) is 32.6 Å². The molecule has 0 aromatic heterocycles. The van der Waals surface area contributed by atoms with Gasteiger partial charge in [-0.15, -0.1) is 0 Å². The summed E-state index contributed by atoms with van der Waals surface area (Å²) in [6.07, 6.45) is 3.67. The molecule has 0 saturated heterocycles.